The first-order valence-corrected chi connectivity index (χ1v) is 5.57. The van der Waals surface area contributed by atoms with Gasteiger partial charge in [0.05, 0.1) is 0 Å². The van der Waals surface area contributed by atoms with E-state index in [0.29, 0.717) is 0 Å². The molecule has 0 aliphatic heterocycles. The lowest BCUT2D eigenvalue weighted by Crippen LogP contribution is -2.43. The van der Waals surface area contributed by atoms with Crippen LogP contribution in [0.5, 0.6) is 0 Å². The van der Waals surface area contributed by atoms with Crippen LogP contribution in [0.1, 0.15) is 44.2 Å². The van der Waals surface area contributed by atoms with Crippen molar-refractivity contribution in [1.29, 1.82) is 0 Å². The van der Waals surface area contributed by atoms with E-state index in [2.05, 4.69) is 31.2 Å². The molecule has 1 aliphatic rings. The summed E-state index contributed by atoms with van der Waals surface area (Å²) in [5.41, 5.74) is 8.79. The van der Waals surface area contributed by atoms with E-state index in [1.165, 1.54) is 17.5 Å². The molecule has 1 heteroatoms. The molecule has 0 saturated heterocycles. The van der Waals surface area contributed by atoms with E-state index in [-0.39, 0.29) is 5.54 Å². The smallest absolute Gasteiger partial charge is 0.0409 e. The van der Waals surface area contributed by atoms with Gasteiger partial charge in [0.2, 0.25) is 0 Å². The molecule has 0 radical (unpaired) electrons. The highest BCUT2D eigenvalue weighted by Crippen LogP contribution is 2.38. The van der Waals surface area contributed by atoms with Crippen LogP contribution < -0.4 is 5.73 Å². The molecule has 0 amide bonds. The Kier molecular flexibility index (Phi) is 3.70. The van der Waals surface area contributed by atoms with Crippen LogP contribution in [0.2, 0.25) is 0 Å². The summed E-state index contributed by atoms with van der Waals surface area (Å²) in [5, 5.41) is 0. The molecule has 0 spiro atoms. The molecule has 2 N–H and O–H groups in total. The van der Waals surface area contributed by atoms with E-state index in [0.717, 1.165) is 12.8 Å². The van der Waals surface area contributed by atoms with Crippen LogP contribution in [0.3, 0.4) is 0 Å². The summed E-state index contributed by atoms with van der Waals surface area (Å²) in [6.07, 6.45) is 3.58. The maximum atomic E-state index is 6.17. The van der Waals surface area contributed by atoms with Crippen LogP contribution in [-0.2, 0) is 5.54 Å². The zero-order chi connectivity index (χ0) is 10.6. The van der Waals surface area contributed by atoms with Crippen molar-refractivity contribution >= 4 is 0 Å². The number of hydrogen-bond acceptors (Lipinski definition) is 1. The standard InChI is InChI=1S/C11H15N.C2H6/c1-9-3-5-10(6-4-9)11(12)7-2-8-11;1-2/h3-6H,2,7-8,12H2,1H3;1-2H3. The first-order valence-electron chi connectivity index (χ1n) is 5.57. The number of nitrogens with two attached hydrogens (primary N) is 1. The van der Waals surface area contributed by atoms with Crippen molar-refractivity contribution in [3.05, 3.63) is 35.4 Å². The van der Waals surface area contributed by atoms with Gasteiger partial charge in [0.15, 0.2) is 0 Å². The van der Waals surface area contributed by atoms with Gasteiger partial charge in [-0.05, 0) is 31.7 Å². The van der Waals surface area contributed by atoms with Crippen LogP contribution in [-0.4, -0.2) is 0 Å². The fourth-order valence-electron chi connectivity index (χ4n) is 1.73. The highest BCUT2D eigenvalue weighted by atomic mass is 14.8. The molecule has 1 aliphatic carbocycles. The molecule has 0 bridgehead atoms. The van der Waals surface area contributed by atoms with E-state index in [4.69, 9.17) is 5.73 Å². The molecule has 78 valence electrons. The van der Waals surface area contributed by atoms with Crippen LogP contribution in [0.25, 0.3) is 0 Å². The van der Waals surface area contributed by atoms with Crippen molar-refractivity contribution in [2.75, 3.05) is 0 Å². The molecule has 0 atom stereocenters. The molecule has 1 nitrogen and oxygen atoms in total. The van der Waals surface area contributed by atoms with Gasteiger partial charge in [-0.2, -0.15) is 0 Å². The van der Waals surface area contributed by atoms with Crippen molar-refractivity contribution in [2.24, 2.45) is 5.73 Å². The summed E-state index contributed by atoms with van der Waals surface area (Å²) in [6.45, 7) is 6.10. The third kappa shape index (κ3) is 2.16. The van der Waals surface area contributed by atoms with Crippen molar-refractivity contribution in [3.8, 4) is 0 Å². The van der Waals surface area contributed by atoms with Gasteiger partial charge in [-0.25, -0.2) is 0 Å². The zero-order valence-corrected chi connectivity index (χ0v) is 9.51. The number of benzene rings is 1. The Morgan fingerprint density at radius 1 is 1.07 bits per heavy atom. The normalized spacial score (nSPS) is 17.7. The molecular formula is C13H21N. The quantitative estimate of drug-likeness (QED) is 0.723. The Hall–Kier alpha value is -0.820. The fourth-order valence-corrected chi connectivity index (χ4v) is 1.73. The fraction of sp³-hybridized carbons (Fsp3) is 0.538. The Bertz CT molecular complexity index is 270. The lowest BCUT2D eigenvalue weighted by molar-refractivity contribution is 0.253. The molecule has 14 heavy (non-hydrogen) atoms. The predicted molar refractivity (Wildman–Crippen MR) is 62.2 cm³/mol. The minimum Gasteiger partial charge on any atom is -0.321 e. The van der Waals surface area contributed by atoms with Gasteiger partial charge in [-0.3, -0.25) is 0 Å². The maximum absolute atomic E-state index is 6.17. The van der Waals surface area contributed by atoms with Gasteiger partial charge < -0.3 is 5.73 Å². The Labute approximate surface area is 87.3 Å². The van der Waals surface area contributed by atoms with Gasteiger partial charge in [0.25, 0.3) is 0 Å². The Balaban J connectivity index is 0.000000461. The molecule has 1 aromatic rings. The second-order valence-corrected chi connectivity index (χ2v) is 3.88. The van der Waals surface area contributed by atoms with Crippen LogP contribution in [0.15, 0.2) is 24.3 Å². The summed E-state index contributed by atoms with van der Waals surface area (Å²) in [4.78, 5) is 0. The van der Waals surface area contributed by atoms with Crippen LogP contribution in [0.4, 0.5) is 0 Å². The molecule has 2 rings (SSSR count). The highest BCUT2D eigenvalue weighted by molar-refractivity contribution is 5.29. The van der Waals surface area contributed by atoms with Crippen LogP contribution >= 0.6 is 0 Å². The third-order valence-electron chi connectivity index (χ3n) is 2.87. The van der Waals surface area contributed by atoms with E-state index in [1.807, 2.05) is 13.8 Å². The number of rotatable bonds is 1. The van der Waals surface area contributed by atoms with E-state index in [1.54, 1.807) is 0 Å². The minimum atomic E-state index is 0.00764. The maximum Gasteiger partial charge on any atom is 0.0409 e. The lowest BCUT2D eigenvalue weighted by Gasteiger charge is -2.38. The summed E-state index contributed by atoms with van der Waals surface area (Å²) in [5.74, 6) is 0. The number of aryl methyl sites for hydroxylation is 1. The average Bonchev–Trinajstić information content (AvgIpc) is 2.19. The Morgan fingerprint density at radius 3 is 1.93 bits per heavy atom. The first-order chi connectivity index (χ1) is 6.71. The Morgan fingerprint density at radius 2 is 1.57 bits per heavy atom. The monoisotopic (exact) mass is 191 g/mol. The summed E-state index contributed by atoms with van der Waals surface area (Å²) in [7, 11) is 0. The molecule has 0 heterocycles. The summed E-state index contributed by atoms with van der Waals surface area (Å²) < 4.78 is 0. The molecular weight excluding hydrogens is 170 g/mol. The summed E-state index contributed by atoms with van der Waals surface area (Å²) in [6, 6.07) is 8.60. The largest absolute Gasteiger partial charge is 0.321 e. The second-order valence-electron chi connectivity index (χ2n) is 3.88. The molecule has 0 aromatic heterocycles. The van der Waals surface area contributed by atoms with Gasteiger partial charge in [-0.15, -0.1) is 0 Å². The van der Waals surface area contributed by atoms with E-state index >= 15 is 0 Å². The highest BCUT2D eigenvalue weighted by Gasteiger charge is 2.33. The van der Waals surface area contributed by atoms with Gasteiger partial charge >= 0.3 is 0 Å². The third-order valence-corrected chi connectivity index (χ3v) is 2.87. The first kappa shape index (κ1) is 11.3. The van der Waals surface area contributed by atoms with E-state index in [9.17, 15) is 0 Å². The van der Waals surface area contributed by atoms with Crippen LogP contribution in [0, 0.1) is 6.92 Å². The van der Waals surface area contributed by atoms with Gasteiger partial charge in [0.1, 0.15) is 0 Å². The van der Waals surface area contributed by atoms with E-state index < -0.39 is 0 Å². The molecule has 1 aromatic carbocycles. The molecule has 0 unspecified atom stereocenters. The van der Waals surface area contributed by atoms with Crippen molar-refractivity contribution in [3.63, 3.8) is 0 Å². The molecule has 1 saturated carbocycles. The minimum absolute atomic E-state index is 0.00764. The lowest BCUT2D eigenvalue weighted by atomic mass is 9.73. The zero-order valence-electron chi connectivity index (χ0n) is 9.51. The molecule has 1 fully saturated rings. The summed E-state index contributed by atoms with van der Waals surface area (Å²) >= 11 is 0. The predicted octanol–water partition coefficient (Wildman–Crippen LogP) is 3.36. The van der Waals surface area contributed by atoms with Crippen molar-refractivity contribution in [2.45, 2.75) is 45.6 Å². The SMILES string of the molecule is CC.Cc1ccc(C2(N)CCC2)cc1. The average molecular weight is 191 g/mol. The van der Waals surface area contributed by atoms with Crippen molar-refractivity contribution < 1.29 is 0 Å². The van der Waals surface area contributed by atoms with Crippen molar-refractivity contribution in [1.82, 2.24) is 0 Å². The second kappa shape index (κ2) is 4.61. The van der Waals surface area contributed by atoms with Gasteiger partial charge in [-0.1, -0.05) is 43.7 Å². The van der Waals surface area contributed by atoms with Gasteiger partial charge in [0, 0.05) is 5.54 Å². The number of hydrogen-bond donors (Lipinski definition) is 1. The topological polar surface area (TPSA) is 26.0 Å².